The Kier molecular flexibility index (Phi) is 9.66. The van der Waals surface area contributed by atoms with Crippen LogP contribution in [0.3, 0.4) is 0 Å². The Morgan fingerprint density at radius 3 is 2.10 bits per heavy atom. The van der Waals surface area contributed by atoms with Crippen molar-refractivity contribution in [1.29, 1.82) is 0 Å². The lowest BCUT2D eigenvalue weighted by molar-refractivity contribution is 0.0130. The molecule has 4 aromatic rings. The molecule has 0 saturated heterocycles. The van der Waals surface area contributed by atoms with E-state index < -0.39 is 0 Å². The molecule has 0 N–H and O–H groups in total. The molecule has 5 rings (SSSR count). The van der Waals surface area contributed by atoms with E-state index in [2.05, 4.69) is 97.9 Å². The zero-order valence-corrected chi connectivity index (χ0v) is 23.4. The quantitative estimate of drug-likeness (QED) is 0.190. The van der Waals surface area contributed by atoms with Gasteiger partial charge >= 0.3 is 0 Å². The third-order valence-corrected chi connectivity index (χ3v) is 7.83. The van der Waals surface area contributed by atoms with Crippen LogP contribution in [0.25, 0.3) is 5.57 Å². The van der Waals surface area contributed by atoms with Crippen LogP contribution in [0.2, 0.25) is 5.02 Å². The van der Waals surface area contributed by atoms with Crippen LogP contribution in [0.15, 0.2) is 109 Å². The summed E-state index contributed by atoms with van der Waals surface area (Å²) in [5.41, 5.74) is 8.72. The molecule has 1 aliphatic carbocycles. The number of hydrogen-bond donors (Lipinski definition) is 0. The van der Waals surface area contributed by atoms with Crippen molar-refractivity contribution >= 4 is 17.2 Å². The van der Waals surface area contributed by atoms with Crippen LogP contribution in [0.4, 0.5) is 0 Å². The van der Waals surface area contributed by atoms with Gasteiger partial charge in [0, 0.05) is 10.9 Å². The molecule has 0 aromatic heterocycles. The minimum absolute atomic E-state index is 0.135. The minimum Gasteiger partial charge on any atom is -0.376 e. The highest BCUT2D eigenvalue weighted by atomic mass is 35.5. The largest absolute Gasteiger partial charge is 0.376 e. The lowest BCUT2D eigenvalue weighted by Crippen LogP contribution is -2.24. The van der Waals surface area contributed by atoms with E-state index in [4.69, 9.17) is 21.1 Å². The molecule has 200 valence electrons. The zero-order chi connectivity index (χ0) is 26.9. The molecule has 0 radical (unpaired) electrons. The van der Waals surface area contributed by atoms with Gasteiger partial charge in [-0.1, -0.05) is 116 Å². The van der Waals surface area contributed by atoms with Crippen molar-refractivity contribution in [2.24, 2.45) is 5.92 Å². The van der Waals surface area contributed by atoms with Gasteiger partial charge in [0.2, 0.25) is 0 Å². The highest BCUT2D eigenvalue weighted by molar-refractivity contribution is 6.31. The Hall–Kier alpha value is -3.17. The number of ether oxygens (including phenoxy) is 2. The lowest BCUT2D eigenvalue weighted by Gasteiger charge is -2.29. The number of aryl methyl sites for hydroxylation is 1. The van der Waals surface area contributed by atoms with E-state index in [9.17, 15) is 0 Å². The van der Waals surface area contributed by atoms with Gasteiger partial charge in [-0.25, -0.2) is 0 Å². The molecule has 2 nitrogen and oxygen atoms in total. The van der Waals surface area contributed by atoms with E-state index in [0.717, 1.165) is 36.3 Å². The monoisotopic (exact) mass is 536 g/mol. The fraction of sp³-hybridized carbons (Fsp3) is 0.278. The summed E-state index contributed by atoms with van der Waals surface area (Å²) >= 11 is 6.68. The summed E-state index contributed by atoms with van der Waals surface area (Å²) in [5, 5.41) is 0.814. The summed E-state index contributed by atoms with van der Waals surface area (Å²) < 4.78 is 12.6. The molecule has 2 unspecified atom stereocenters. The van der Waals surface area contributed by atoms with Gasteiger partial charge in [0.25, 0.3) is 0 Å². The molecule has 4 aromatic carbocycles. The van der Waals surface area contributed by atoms with Crippen molar-refractivity contribution in [2.75, 3.05) is 6.61 Å². The van der Waals surface area contributed by atoms with E-state index in [1.54, 1.807) is 0 Å². The molecule has 39 heavy (non-hydrogen) atoms. The summed E-state index contributed by atoms with van der Waals surface area (Å²) in [7, 11) is 0. The Labute approximate surface area is 238 Å². The predicted molar refractivity (Wildman–Crippen MR) is 162 cm³/mol. The van der Waals surface area contributed by atoms with Crippen LogP contribution < -0.4 is 0 Å². The molecule has 0 bridgehead atoms. The first-order chi connectivity index (χ1) is 19.2. The van der Waals surface area contributed by atoms with Crippen LogP contribution in [-0.2, 0) is 35.5 Å². The maximum atomic E-state index is 6.68. The van der Waals surface area contributed by atoms with Crippen molar-refractivity contribution in [1.82, 2.24) is 0 Å². The van der Waals surface area contributed by atoms with E-state index in [0.29, 0.717) is 25.7 Å². The summed E-state index contributed by atoms with van der Waals surface area (Å²) in [4.78, 5) is 0. The standard InChI is InChI=1S/C36H37ClO2/c1-2-27-13-15-28(16-14-27)19-34-22-32(17-18-36(34)37)33-20-31(25-38-24-29-9-5-3-6-10-29)21-35(23-33)39-26-30-11-7-4-8-12-30/h3-18,20,22,31,35H,2,19,21,23-26H2,1H3. The van der Waals surface area contributed by atoms with Crippen LogP contribution in [0, 0.1) is 5.92 Å². The maximum absolute atomic E-state index is 6.68. The number of rotatable bonds is 11. The number of benzene rings is 4. The first kappa shape index (κ1) is 27.4. The highest BCUT2D eigenvalue weighted by Gasteiger charge is 2.25. The Bertz CT molecular complexity index is 1350. The Morgan fingerprint density at radius 1 is 0.744 bits per heavy atom. The molecule has 3 heteroatoms. The maximum Gasteiger partial charge on any atom is 0.0720 e. The number of halogens is 1. The van der Waals surface area contributed by atoms with Gasteiger partial charge in [0.1, 0.15) is 0 Å². The fourth-order valence-electron chi connectivity index (χ4n) is 5.26. The Balaban J connectivity index is 1.32. The molecular formula is C36H37ClO2. The third kappa shape index (κ3) is 7.92. The van der Waals surface area contributed by atoms with E-state index in [1.165, 1.54) is 33.4 Å². The van der Waals surface area contributed by atoms with Gasteiger partial charge in [-0.05, 0) is 76.8 Å². The van der Waals surface area contributed by atoms with E-state index >= 15 is 0 Å². The summed E-state index contributed by atoms with van der Waals surface area (Å²) in [6.07, 6.45) is 6.24. The molecule has 0 spiro atoms. The molecule has 0 saturated carbocycles. The molecule has 0 fully saturated rings. The molecule has 0 amide bonds. The zero-order valence-electron chi connectivity index (χ0n) is 22.7. The molecular weight excluding hydrogens is 500 g/mol. The van der Waals surface area contributed by atoms with Crippen molar-refractivity contribution in [2.45, 2.75) is 51.9 Å². The van der Waals surface area contributed by atoms with Gasteiger partial charge in [0.05, 0.1) is 25.9 Å². The predicted octanol–water partition coefficient (Wildman–Crippen LogP) is 9.09. The van der Waals surface area contributed by atoms with Crippen LogP contribution in [-0.4, -0.2) is 12.7 Å². The van der Waals surface area contributed by atoms with Gasteiger partial charge in [-0.2, -0.15) is 0 Å². The second kappa shape index (κ2) is 13.8. The molecule has 0 aliphatic heterocycles. The molecule has 0 heterocycles. The SMILES string of the molecule is CCc1ccc(Cc2cc(C3=CC(COCc4ccccc4)CC(OCc4ccccc4)C3)ccc2Cl)cc1. The fourth-order valence-corrected chi connectivity index (χ4v) is 5.44. The topological polar surface area (TPSA) is 18.5 Å². The van der Waals surface area contributed by atoms with Crippen molar-refractivity contribution < 1.29 is 9.47 Å². The highest BCUT2D eigenvalue weighted by Crippen LogP contribution is 2.34. The summed E-state index contributed by atoms with van der Waals surface area (Å²) in [6, 6.07) is 36.1. The van der Waals surface area contributed by atoms with Crippen molar-refractivity contribution in [3.8, 4) is 0 Å². The van der Waals surface area contributed by atoms with Gasteiger partial charge in [0.15, 0.2) is 0 Å². The normalized spacial score (nSPS) is 17.1. The Morgan fingerprint density at radius 2 is 1.41 bits per heavy atom. The second-order valence-corrected chi connectivity index (χ2v) is 10.9. The van der Waals surface area contributed by atoms with Crippen molar-refractivity contribution in [3.05, 3.63) is 148 Å². The lowest BCUT2D eigenvalue weighted by atomic mass is 9.85. The second-order valence-electron chi connectivity index (χ2n) is 10.5. The minimum atomic E-state index is 0.135. The first-order valence-electron chi connectivity index (χ1n) is 14.0. The first-order valence-corrected chi connectivity index (χ1v) is 14.4. The van der Waals surface area contributed by atoms with Crippen molar-refractivity contribution in [3.63, 3.8) is 0 Å². The van der Waals surface area contributed by atoms with Crippen LogP contribution in [0.5, 0.6) is 0 Å². The van der Waals surface area contributed by atoms with E-state index in [1.807, 2.05) is 18.2 Å². The number of hydrogen-bond acceptors (Lipinski definition) is 2. The van der Waals surface area contributed by atoms with Gasteiger partial charge in [-0.3, -0.25) is 0 Å². The van der Waals surface area contributed by atoms with Gasteiger partial charge in [-0.15, -0.1) is 0 Å². The molecule has 2 atom stereocenters. The third-order valence-electron chi connectivity index (χ3n) is 7.46. The van der Waals surface area contributed by atoms with Gasteiger partial charge < -0.3 is 9.47 Å². The summed E-state index contributed by atoms with van der Waals surface area (Å²) in [6.45, 7) is 4.10. The van der Waals surface area contributed by atoms with Crippen LogP contribution in [0.1, 0.15) is 53.1 Å². The molecule has 1 aliphatic rings. The summed E-state index contributed by atoms with van der Waals surface area (Å²) in [5.74, 6) is 0.291. The van der Waals surface area contributed by atoms with E-state index in [-0.39, 0.29) is 6.10 Å². The average molecular weight is 537 g/mol. The van der Waals surface area contributed by atoms with Crippen LogP contribution >= 0.6 is 11.6 Å². The smallest absolute Gasteiger partial charge is 0.0720 e. The average Bonchev–Trinajstić information content (AvgIpc) is 2.98.